The fourth-order valence-electron chi connectivity index (χ4n) is 2.20. The van der Waals surface area contributed by atoms with Crippen LogP contribution >= 0.6 is 11.6 Å². The highest BCUT2D eigenvalue weighted by molar-refractivity contribution is 6.34. The first-order valence-electron chi connectivity index (χ1n) is 7.50. The van der Waals surface area contributed by atoms with Crippen molar-refractivity contribution in [1.29, 1.82) is 0 Å². The molecule has 2 aromatic rings. The monoisotopic (exact) mass is 349 g/mol. The Kier molecular flexibility index (Phi) is 6.32. The number of anilines is 1. The molecule has 0 fully saturated rings. The van der Waals surface area contributed by atoms with E-state index in [0.717, 1.165) is 11.3 Å². The summed E-state index contributed by atoms with van der Waals surface area (Å²) in [5.41, 5.74) is 1.36. The molecule has 0 atom stereocenters. The summed E-state index contributed by atoms with van der Waals surface area (Å²) in [4.78, 5) is 12.2. The van der Waals surface area contributed by atoms with Crippen LogP contribution in [-0.4, -0.2) is 26.7 Å². The lowest BCUT2D eigenvalue weighted by Gasteiger charge is -2.12. The summed E-state index contributed by atoms with van der Waals surface area (Å²) in [6.07, 6.45) is 0.233. The summed E-state index contributed by atoms with van der Waals surface area (Å²) in [5.74, 6) is 1.61. The molecule has 2 aromatic carbocycles. The van der Waals surface area contributed by atoms with Crippen LogP contribution in [-0.2, 0) is 11.2 Å². The molecule has 0 unspecified atom stereocenters. The van der Waals surface area contributed by atoms with Crippen LogP contribution in [0.4, 0.5) is 5.69 Å². The van der Waals surface area contributed by atoms with E-state index in [2.05, 4.69) is 5.32 Å². The van der Waals surface area contributed by atoms with Gasteiger partial charge in [0.25, 0.3) is 0 Å². The predicted octanol–water partition coefficient (Wildman–Crippen LogP) is 3.94. The summed E-state index contributed by atoms with van der Waals surface area (Å²) in [6, 6.07) is 10.6. The van der Waals surface area contributed by atoms with Crippen molar-refractivity contribution in [2.45, 2.75) is 13.3 Å². The van der Waals surface area contributed by atoms with E-state index in [1.807, 2.05) is 31.2 Å². The maximum Gasteiger partial charge on any atom is 0.228 e. The fraction of sp³-hybridized carbons (Fsp3) is 0.278. The van der Waals surface area contributed by atoms with Crippen LogP contribution in [0.3, 0.4) is 0 Å². The summed E-state index contributed by atoms with van der Waals surface area (Å²) in [7, 11) is 3.05. The van der Waals surface area contributed by atoms with E-state index in [4.69, 9.17) is 25.8 Å². The van der Waals surface area contributed by atoms with Gasteiger partial charge in [-0.25, -0.2) is 0 Å². The highest BCUT2D eigenvalue weighted by Gasteiger charge is 2.12. The number of carbonyl (C=O) groups is 1. The normalized spacial score (nSPS) is 10.2. The first-order chi connectivity index (χ1) is 11.6. The summed E-state index contributed by atoms with van der Waals surface area (Å²) >= 11 is 6.17. The Balaban J connectivity index is 2.06. The summed E-state index contributed by atoms with van der Waals surface area (Å²) < 4.78 is 15.8. The number of rotatable bonds is 7. The van der Waals surface area contributed by atoms with E-state index in [-0.39, 0.29) is 12.3 Å². The molecular weight excluding hydrogens is 330 g/mol. The van der Waals surface area contributed by atoms with Gasteiger partial charge in [-0.05, 0) is 24.6 Å². The summed E-state index contributed by atoms with van der Waals surface area (Å²) in [6.45, 7) is 2.53. The fourth-order valence-corrected chi connectivity index (χ4v) is 2.40. The summed E-state index contributed by atoms with van der Waals surface area (Å²) in [5, 5.41) is 3.17. The SMILES string of the molecule is CCOc1ccc(CC(=O)Nc2cc(OC)c(OC)cc2Cl)cc1. The Labute approximate surface area is 146 Å². The minimum absolute atomic E-state index is 0.173. The van der Waals surface area contributed by atoms with E-state index in [1.165, 1.54) is 14.2 Å². The molecule has 1 N–H and O–H groups in total. The van der Waals surface area contributed by atoms with Crippen molar-refractivity contribution in [3.05, 3.63) is 47.0 Å². The van der Waals surface area contributed by atoms with Crippen LogP contribution in [0.5, 0.6) is 17.2 Å². The van der Waals surface area contributed by atoms with Gasteiger partial charge < -0.3 is 19.5 Å². The molecule has 0 bridgehead atoms. The van der Waals surface area contributed by atoms with Crippen LogP contribution < -0.4 is 19.5 Å². The molecule has 0 spiro atoms. The second kappa shape index (κ2) is 8.45. The molecule has 6 heteroatoms. The zero-order valence-electron chi connectivity index (χ0n) is 13.9. The zero-order valence-corrected chi connectivity index (χ0v) is 14.6. The molecule has 0 saturated carbocycles. The van der Waals surface area contributed by atoms with E-state index >= 15 is 0 Å². The highest BCUT2D eigenvalue weighted by atomic mass is 35.5. The van der Waals surface area contributed by atoms with Gasteiger partial charge in [0, 0.05) is 12.1 Å². The largest absolute Gasteiger partial charge is 0.494 e. The van der Waals surface area contributed by atoms with Crippen LogP contribution in [0.25, 0.3) is 0 Å². The van der Waals surface area contributed by atoms with E-state index in [9.17, 15) is 4.79 Å². The number of halogens is 1. The Morgan fingerprint density at radius 3 is 2.29 bits per heavy atom. The molecule has 0 aliphatic rings. The van der Waals surface area contributed by atoms with Crippen molar-refractivity contribution in [3.8, 4) is 17.2 Å². The lowest BCUT2D eigenvalue weighted by molar-refractivity contribution is -0.115. The molecule has 2 rings (SSSR count). The maximum atomic E-state index is 12.2. The quantitative estimate of drug-likeness (QED) is 0.822. The van der Waals surface area contributed by atoms with Gasteiger partial charge in [-0.1, -0.05) is 23.7 Å². The lowest BCUT2D eigenvalue weighted by Crippen LogP contribution is -2.14. The third-order valence-electron chi connectivity index (χ3n) is 3.35. The van der Waals surface area contributed by atoms with Crippen LogP contribution in [0.2, 0.25) is 5.02 Å². The second-order valence-corrected chi connectivity index (χ2v) is 5.40. The molecule has 24 heavy (non-hydrogen) atoms. The molecule has 5 nitrogen and oxygen atoms in total. The number of carbonyl (C=O) groups excluding carboxylic acids is 1. The Bertz CT molecular complexity index is 701. The molecule has 0 heterocycles. The molecular formula is C18H20ClNO4. The molecule has 0 aliphatic carbocycles. The first kappa shape index (κ1) is 17.9. The maximum absolute atomic E-state index is 12.2. The Hall–Kier alpha value is -2.40. The zero-order chi connectivity index (χ0) is 17.5. The van der Waals surface area contributed by atoms with Crippen LogP contribution in [0, 0.1) is 0 Å². The van der Waals surface area contributed by atoms with Crippen LogP contribution in [0.1, 0.15) is 12.5 Å². The molecule has 0 aliphatic heterocycles. The lowest BCUT2D eigenvalue weighted by atomic mass is 10.1. The number of ether oxygens (including phenoxy) is 3. The van der Waals surface area contributed by atoms with Gasteiger partial charge >= 0.3 is 0 Å². The minimum atomic E-state index is -0.173. The number of nitrogens with one attached hydrogen (secondary N) is 1. The number of methoxy groups -OCH3 is 2. The van der Waals surface area contributed by atoms with Gasteiger partial charge in [-0.15, -0.1) is 0 Å². The van der Waals surface area contributed by atoms with Gasteiger partial charge in [-0.3, -0.25) is 4.79 Å². The van der Waals surface area contributed by atoms with E-state index < -0.39 is 0 Å². The third kappa shape index (κ3) is 4.55. The van der Waals surface area contributed by atoms with Gasteiger partial charge in [0.1, 0.15) is 5.75 Å². The number of benzene rings is 2. The third-order valence-corrected chi connectivity index (χ3v) is 3.66. The average Bonchev–Trinajstić information content (AvgIpc) is 2.58. The topological polar surface area (TPSA) is 56.8 Å². The van der Waals surface area contributed by atoms with E-state index in [0.29, 0.717) is 28.8 Å². The van der Waals surface area contributed by atoms with Crippen LogP contribution in [0.15, 0.2) is 36.4 Å². The minimum Gasteiger partial charge on any atom is -0.494 e. The number of hydrogen-bond acceptors (Lipinski definition) is 4. The standard InChI is InChI=1S/C18H20ClNO4/c1-4-24-13-7-5-12(6-8-13)9-18(21)20-15-11-17(23-3)16(22-2)10-14(15)19/h5-8,10-11H,4,9H2,1-3H3,(H,20,21). The first-order valence-corrected chi connectivity index (χ1v) is 7.88. The van der Waals surface area contributed by atoms with Gasteiger partial charge in [0.2, 0.25) is 5.91 Å². The van der Waals surface area contributed by atoms with Gasteiger partial charge in [0.15, 0.2) is 11.5 Å². The number of amides is 1. The average molecular weight is 350 g/mol. The van der Waals surface area contributed by atoms with Crippen molar-refractivity contribution < 1.29 is 19.0 Å². The molecule has 1 amide bonds. The van der Waals surface area contributed by atoms with Crippen molar-refractivity contribution in [2.75, 3.05) is 26.1 Å². The van der Waals surface area contributed by atoms with Gasteiger partial charge in [0.05, 0.1) is 38.0 Å². The molecule has 0 aromatic heterocycles. The Morgan fingerprint density at radius 1 is 1.08 bits per heavy atom. The number of hydrogen-bond donors (Lipinski definition) is 1. The highest BCUT2D eigenvalue weighted by Crippen LogP contribution is 2.36. The predicted molar refractivity (Wildman–Crippen MR) is 94.5 cm³/mol. The molecule has 0 radical (unpaired) electrons. The van der Waals surface area contributed by atoms with Crippen molar-refractivity contribution in [2.24, 2.45) is 0 Å². The molecule has 128 valence electrons. The van der Waals surface area contributed by atoms with Crippen molar-refractivity contribution in [3.63, 3.8) is 0 Å². The van der Waals surface area contributed by atoms with Gasteiger partial charge in [-0.2, -0.15) is 0 Å². The Morgan fingerprint density at radius 2 is 1.71 bits per heavy atom. The van der Waals surface area contributed by atoms with Crippen molar-refractivity contribution >= 4 is 23.2 Å². The van der Waals surface area contributed by atoms with E-state index in [1.54, 1.807) is 12.1 Å². The molecule has 0 saturated heterocycles. The van der Waals surface area contributed by atoms with Crippen molar-refractivity contribution in [1.82, 2.24) is 0 Å². The smallest absolute Gasteiger partial charge is 0.228 e. The second-order valence-electron chi connectivity index (χ2n) is 4.99.